The van der Waals surface area contributed by atoms with Gasteiger partial charge in [-0.2, -0.15) is 0 Å². The van der Waals surface area contributed by atoms with Crippen molar-refractivity contribution in [2.45, 2.75) is 64.7 Å². The van der Waals surface area contributed by atoms with Crippen LogP contribution in [0.4, 0.5) is 0 Å². The highest BCUT2D eigenvalue weighted by Crippen LogP contribution is 2.35. The summed E-state index contributed by atoms with van der Waals surface area (Å²) in [4.78, 5) is 2.60. The predicted octanol–water partition coefficient (Wildman–Crippen LogP) is 2.55. The fourth-order valence-corrected chi connectivity index (χ4v) is 2.44. The maximum atomic E-state index is 5.48. The van der Waals surface area contributed by atoms with Crippen LogP contribution in [0.3, 0.4) is 0 Å². The largest absolute Gasteiger partial charge is 0.360 e. The fraction of sp³-hybridized carbons (Fsp3) is 0.800. The zero-order valence-corrected chi connectivity index (χ0v) is 12.1. The molecular formula is C15H25N3O. The average Bonchev–Trinajstić information content (AvgIpc) is 3.26. The van der Waals surface area contributed by atoms with Crippen molar-refractivity contribution in [3.63, 3.8) is 0 Å². The van der Waals surface area contributed by atoms with Gasteiger partial charge < -0.3 is 9.84 Å². The lowest BCUT2D eigenvalue weighted by Gasteiger charge is -2.19. The van der Waals surface area contributed by atoms with Crippen molar-refractivity contribution in [1.82, 2.24) is 15.4 Å². The third kappa shape index (κ3) is 4.05. The molecule has 2 saturated carbocycles. The van der Waals surface area contributed by atoms with Crippen molar-refractivity contribution in [3.05, 3.63) is 17.5 Å². The lowest BCUT2D eigenvalue weighted by Crippen LogP contribution is -2.27. The second-order valence-corrected chi connectivity index (χ2v) is 6.42. The first-order valence-electron chi connectivity index (χ1n) is 7.62. The van der Waals surface area contributed by atoms with E-state index >= 15 is 0 Å². The SMILES string of the molecule is CC(C)NCc1cc(CN(CC2CC2)C2CC2)on1. The van der Waals surface area contributed by atoms with Crippen LogP contribution in [0.2, 0.25) is 0 Å². The zero-order chi connectivity index (χ0) is 13.2. The highest BCUT2D eigenvalue weighted by Gasteiger charge is 2.34. The Hall–Kier alpha value is -0.870. The monoisotopic (exact) mass is 263 g/mol. The van der Waals surface area contributed by atoms with Crippen LogP contribution >= 0.6 is 0 Å². The maximum Gasteiger partial charge on any atom is 0.151 e. The van der Waals surface area contributed by atoms with Crippen LogP contribution in [-0.2, 0) is 13.1 Å². The molecule has 19 heavy (non-hydrogen) atoms. The number of hydrogen-bond acceptors (Lipinski definition) is 4. The van der Waals surface area contributed by atoms with Gasteiger partial charge in [0.15, 0.2) is 5.76 Å². The van der Waals surface area contributed by atoms with E-state index in [4.69, 9.17) is 4.52 Å². The lowest BCUT2D eigenvalue weighted by molar-refractivity contribution is 0.213. The van der Waals surface area contributed by atoms with E-state index in [-0.39, 0.29) is 0 Å². The number of rotatable bonds is 8. The summed E-state index contributed by atoms with van der Waals surface area (Å²) in [6.07, 6.45) is 5.57. The van der Waals surface area contributed by atoms with E-state index < -0.39 is 0 Å². The second-order valence-electron chi connectivity index (χ2n) is 6.42. The lowest BCUT2D eigenvalue weighted by atomic mass is 10.3. The van der Waals surface area contributed by atoms with Gasteiger partial charge >= 0.3 is 0 Å². The Balaban J connectivity index is 1.52. The van der Waals surface area contributed by atoms with Gasteiger partial charge in [0.2, 0.25) is 0 Å². The van der Waals surface area contributed by atoms with E-state index in [1.807, 2.05) is 0 Å². The van der Waals surface area contributed by atoms with Gasteiger partial charge in [0.25, 0.3) is 0 Å². The highest BCUT2D eigenvalue weighted by molar-refractivity contribution is 5.06. The van der Waals surface area contributed by atoms with Gasteiger partial charge in [-0.05, 0) is 31.6 Å². The molecule has 3 rings (SSSR count). The van der Waals surface area contributed by atoms with Crippen LogP contribution in [0, 0.1) is 5.92 Å². The molecule has 4 nitrogen and oxygen atoms in total. The van der Waals surface area contributed by atoms with E-state index in [2.05, 4.69) is 35.3 Å². The van der Waals surface area contributed by atoms with Gasteiger partial charge in [-0.25, -0.2) is 0 Å². The standard InChI is InChI=1S/C15H25N3O/c1-11(2)16-8-13-7-15(19-17-13)10-18(14-5-6-14)9-12-3-4-12/h7,11-12,14,16H,3-6,8-10H2,1-2H3. The average molecular weight is 263 g/mol. The molecule has 0 aliphatic heterocycles. The Labute approximate surface area is 115 Å². The molecule has 0 amide bonds. The minimum Gasteiger partial charge on any atom is -0.360 e. The Kier molecular flexibility index (Phi) is 3.89. The second kappa shape index (κ2) is 5.63. The van der Waals surface area contributed by atoms with Crippen LogP contribution in [0.5, 0.6) is 0 Å². The molecule has 0 radical (unpaired) electrons. The van der Waals surface area contributed by atoms with Crippen molar-refractivity contribution in [1.29, 1.82) is 0 Å². The van der Waals surface area contributed by atoms with Crippen LogP contribution in [0.25, 0.3) is 0 Å². The molecule has 1 aromatic rings. The van der Waals surface area contributed by atoms with Crippen molar-refractivity contribution in [3.8, 4) is 0 Å². The maximum absolute atomic E-state index is 5.48. The third-order valence-electron chi connectivity index (χ3n) is 3.91. The number of nitrogens with one attached hydrogen (secondary N) is 1. The Bertz CT molecular complexity index is 407. The summed E-state index contributed by atoms with van der Waals surface area (Å²) in [5.41, 5.74) is 1.02. The quantitative estimate of drug-likeness (QED) is 0.782. The molecule has 0 unspecified atom stereocenters. The first-order chi connectivity index (χ1) is 9.20. The molecule has 2 fully saturated rings. The summed E-state index contributed by atoms with van der Waals surface area (Å²) in [5.74, 6) is 1.97. The van der Waals surface area contributed by atoms with Crippen LogP contribution in [-0.4, -0.2) is 28.7 Å². The summed E-state index contributed by atoms with van der Waals surface area (Å²) in [7, 11) is 0. The number of hydrogen-bond donors (Lipinski definition) is 1. The Morgan fingerprint density at radius 2 is 2.16 bits per heavy atom. The molecule has 0 saturated heterocycles. The zero-order valence-electron chi connectivity index (χ0n) is 12.1. The molecule has 4 heteroatoms. The minimum atomic E-state index is 0.484. The third-order valence-corrected chi connectivity index (χ3v) is 3.91. The van der Waals surface area contributed by atoms with Gasteiger partial charge in [0, 0.05) is 31.2 Å². The molecule has 1 heterocycles. The highest BCUT2D eigenvalue weighted by atomic mass is 16.5. The Morgan fingerprint density at radius 1 is 1.37 bits per heavy atom. The van der Waals surface area contributed by atoms with Gasteiger partial charge in [0.1, 0.15) is 0 Å². The predicted molar refractivity (Wildman–Crippen MR) is 74.6 cm³/mol. The van der Waals surface area contributed by atoms with E-state index in [1.165, 1.54) is 32.2 Å². The van der Waals surface area contributed by atoms with E-state index in [9.17, 15) is 0 Å². The van der Waals surface area contributed by atoms with Crippen molar-refractivity contribution in [2.75, 3.05) is 6.54 Å². The number of nitrogens with zero attached hydrogens (tertiary/aromatic N) is 2. The minimum absolute atomic E-state index is 0.484. The van der Waals surface area contributed by atoms with E-state index in [0.29, 0.717) is 6.04 Å². The normalized spacial score (nSPS) is 19.6. The molecule has 1 N–H and O–H groups in total. The molecule has 106 valence electrons. The first kappa shape index (κ1) is 13.1. The molecule has 0 spiro atoms. The van der Waals surface area contributed by atoms with Crippen LogP contribution in [0.15, 0.2) is 10.6 Å². The molecular weight excluding hydrogens is 238 g/mol. The van der Waals surface area contributed by atoms with Crippen molar-refractivity contribution in [2.24, 2.45) is 5.92 Å². The van der Waals surface area contributed by atoms with Gasteiger partial charge in [0.05, 0.1) is 12.2 Å². The van der Waals surface area contributed by atoms with E-state index in [0.717, 1.165) is 36.5 Å². The van der Waals surface area contributed by atoms with Crippen molar-refractivity contribution >= 4 is 0 Å². The summed E-state index contributed by atoms with van der Waals surface area (Å²) in [5, 5.41) is 7.52. The molecule has 1 aromatic heterocycles. The van der Waals surface area contributed by atoms with Crippen LogP contribution in [0.1, 0.15) is 51.0 Å². The molecule has 0 atom stereocenters. The summed E-state index contributed by atoms with van der Waals surface area (Å²) in [6.45, 7) is 7.28. The summed E-state index contributed by atoms with van der Waals surface area (Å²) >= 11 is 0. The fourth-order valence-electron chi connectivity index (χ4n) is 2.44. The topological polar surface area (TPSA) is 41.3 Å². The Morgan fingerprint density at radius 3 is 2.79 bits per heavy atom. The number of aromatic nitrogens is 1. The van der Waals surface area contributed by atoms with Gasteiger partial charge in [-0.15, -0.1) is 0 Å². The summed E-state index contributed by atoms with van der Waals surface area (Å²) < 4.78 is 5.48. The first-order valence-corrected chi connectivity index (χ1v) is 7.62. The van der Waals surface area contributed by atoms with Crippen LogP contribution < -0.4 is 5.32 Å². The smallest absolute Gasteiger partial charge is 0.151 e. The molecule has 2 aliphatic carbocycles. The van der Waals surface area contributed by atoms with E-state index in [1.54, 1.807) is 0 Å². The van der Waals surface area contributed by atoms with Gasteiger partial charge in [-0.3, -0.25) is 4.90 Å². The van der Waals surface area contributed by atoms with Crippen molar-refractivity contribution < 1.29 is 4.52 Å². The van der Waals surface area contributed by atoms with Gasteiger partial charge in [-0.1, -0.05) is 19.0 Å². The molecule has 2 aliphatic rings. The summed E-state index contributed by atoms with van der Waals surface area (Å²) in [6, 6.07) is 3.40. The molecule has 0 aromatic carbocycles. The molecule has 0 bridgehead atoms.